The average molecular weight is 738 g/mol. The zero-order valence-electron chi connectivity index (χ0n) is 29.3. The van der Waals surface area contributed by atoms with E-state index in [2.05, 4.69) is 27.1 Å². The minimum Gasteiger partial charge on any atom is -0.497 e. The lowest BCUT2D eigenvalue weighted by molar-refractivity contribution is -0.130. The summed E-state index contributed by atoms with van der Waals surface area (Å²) in [5.41, 5.74) is -3.65. The Labute approximate surface area is 301 Å². The number of hydroxylamine groups is 2. The Morgan fingerprint density at radius 1 is 1.06 bits per heavy atom. The molecule has 0 saturated carbocycles. The molecule has 1 atom stereocenters. The van der Waals surface area contributed by atoms with Gasteiger partial charge in [0, 0.05) is 69.2 Å². The van der Waals surface area contributed by atoms with Crippen LogP contribution in [-0.2, 0) is 25.2 Å². The molecule has 2 amide bonds. The number of nitriles is 1. The van der Waals surface area contributed by atoms with Crippen molar-refractivity contribution in [3.8, 4) is 23.4 Å². The number of piperidine rings is 1. The number of anilines is 1. The number of hydrogen-bond acceptors (Lipinski definition) is 13. The number of fused-ring (bicyclic) bond motifs is 1. The summed E-state index contributed by atoms with van der Waals surface area (Å²) in [5.74, 6) is -2.31. The van der Waals surface area contributed by atoms with Gasteiger partial charge in [-0.2, -0.15) is 9.57 Å². The van der Waals surface area contributed by atoms with Gasteiger partial charge in [-0.3, -0.25) is 15.0 Å². The summed E-state index contributed by atoms with van der Waals surface area (Å²) in [7, 11) is -0.187. The van der Waals surface area contributed by atoms with Crippen LogP contribution >= 0.6 is 0 Å². The van der Waals surface area contributed by atoms with Gasteiger partial charge in [-0.25, -0.2) is 22.6 Å². The largest absolute Gasteiger partial charge is 0.497 e. The fourth-order valence-electron chi connectivity index (χ4n) is 6.97. The summed E-state index contributed by atoms with van der Waals surface area (Å²) in [6, 6.07) is 10.6. The number of halogens is 1. The number of piperazine rings is 1. The molecule has 3 aliphatic heterocycles. The highest BCUT2D eigenvalue weighted by atomic mass is 32.2. The second-order valence-electron chi connectivity index (χ2n) is 12.6. The molecule has 6 rings (SSSR count). The van der Waals surface area contributed by atoms with E-state index >= 15 is 9.18 Å². The lowest BCUT2D eigenvalue weighted by atomic mass is 9.83. The smallest absolute Gasteiger partial charge is 0.427 e. The molecule has 3 aliphatic rings. The Balaban J connectivity index is 1.43. The number of sulfonamides is 1. The maximum Gasteiger partial charge on any atom is 0.427 e. The number of benzene rings is 2. The van der Waals surface area contributed by atoms with E-state index in [0.717, 1.165) is 51.2 Å². The first-order valence-electron chi connectivity index (χ1n) is 16.8. The Morgan fingerprint density at radius 3 is 2.44 bits per heavy atom. The van der Waals surface area contributed by atoms with Crippen LogP contribution in [0.15, 0.2) is 53.6 Å². The average Bonchev–Trinajstić information content (AvgIpc) is 3.38. The molecule has 0 bridgehead atoms. The van der Waals surface area contributed by atoms with Crippen molar-refractivity contribution in [3.05, 3.63) is 71.2 Å². The van der Waals surface area contributed by atoms with Crippen LogP contribution in [0.5, 0.6) is 17.4 Å². The van der Waals surface area contributed by atoms with Gasteiger partial charge in [0.05, 0.1) is 37.6 Å². The lowest BCUT2D eigenvalue weighted by Gasteiger charge is -2.41. The van der Waals surface area contributed by atoms with Gasteiger partial charge in [0.25, 0.3) is 15.9 Å². The number of carbonyl (C=O) groups excluding carboxylic acids is 2. The van der Waals surface area contributed by atoms with E-state index < -0.39 is 49.5 Å². The normalized spacial score (nSPS) is 20.2. The highest BCUT2D eigenvalue weighted by Crippen LogP contribution is 2.50. The van der Waals surface area contributed by atoms with Crippen LogP contribution in [0.4, 0.5) is 14.9 Å². The number of aromatic nitrogens is 1. The molecule has 3 aromatic rings. The van der Waals surface area contributed by atoms with Crippen LogP contribution < -0.4 is 23.8 Å². The number of nitrogens with zero attached hydrogens (tertiary/aromatic N) is 6. The summed E-state index contributed by atoms with van der Waals surface area (Å²) in [6.07, 6.45) is 1.78. The molecule has 0 radical (unpaired) electrons. The zero-order valence-corrected chi connectivity index (χ0v) is 30.1. The molecule has 0 spiro atoms. The third-order valence-electron chi connectivity index (χ3n) is 9.66. The second kappa shape index (κ2) is 14.9. The number of amides is 2. The van der Waals surface area contributed by atoms with Crippen molar-refractivity contribution < 1.29 is 41.4 Å². The maximum atomic E-state index is 15.4. The predicted molar refractivity (Wildman–Crippen MR) is 185 cm³/mol. The molecule has 15 nitrogen and oxygen atoms in total. The molecular formula is C35H40FN7O8S. The molecule has 4 heterocycles. The van der Waals surface area contributed by atoms with E-state index in [1.54, 1.807) is 13.0 Å². The molecule has 0 aliphatic carbocycles. The highest BCUT2D eigenvalue weighted by Gasteiger charge is 2.60. The molecule has 1 aromatic heterocycles. The topological polar surface area (TPSA) is 167 Å². The van der Waals surface area contributed by atoms with E-state index in [9.17, 15) is 18.5 Å². The van der Waals surface area contributed by atoms with Crippen LogP contribution in [0.25, 0.3) is 0 Å². The second-order valence-corrected chi connectivity index (χ2v) is 14.3. The molecular weight excluding hydrogens is 697 g/mol. The Morgan fingerprint density at radius 2 is 1.79 bits per heavy atom. The third-order valence-corrected chi connectivity index (χ3v) is 11.4. The lowest BCUT2D eigenvalue weighted by Crippen LogP contribution is -2.56. The van der Waals surface area contributed by atoms with Crippen LogP contribution in [0.1, 0.15) is 36.5 Å². The van der Waals surface area contributed by atoms with E-state index in [1.165, 1.54) is 55.8 Å². The highest BCUT2D eigenvalue weighted by molar-refractivity contribution is 7.93. The monoisotopic (exact) mass is 737 g/mol. The van der Waals surface area contributed by atoms with Crippen molar-refractivity contribution in [1.29, 1.82) is 5.26 Å². The van der Waals surface area contributed by atoms with Gasteiger partial charge in [0.15, 0.2) is 5.54 Å². The predicted octanol–water partition coefficient (Wildman–Crippen LogP) is 2.84. The molecule has 52 heavy (non-hydrogen) atoms. The van der Waals surface area contributed by atoms with Crippen LogP contribution in [0, 0.1) is 17.1 Å². The van der Waals surface area contributed by atoms with Gasteiger partial charge in [-0.15, -0.1) is 5.06 Å². The summed E-state index contributed by atoms with van der Waals surface area (Å²) < 4.78 is 61.3. The first kappa shape index (κ1) is 36.8. The summed E-state index contributed by atoms with van der Waals surface area (Å²) in [5, 5.41) is 14.0. The van der Waals surface area contributed by atoms with Crippen molar-refractivity contribution in [3.63, 3.8) is 0 Å². The van der Waals surface area contributed by atoms with Gasteiger partial charge in [-0.1, -0.05) is 0 Å². The van der Waals surface area contributed by atoms with Gasteiger partial charge in [-0.05, 0) is 57.1 Å². The first-order chi connectivity index (χ1) is 25.0. The van der Waals surface area contributed by atoms with Gasteiger partial charge < -0.3 is 23.9 Å². The molecule has 1 N–H and O–H groups in total. The third kappa shape index (κ3) is 6.58. The summed E-state index contributed by atoms with van der Waals surface area (Å²) in [6.45, 7) is 6.46. The number of carbonyl (C=O) groups is 2. The van der Waals surface area contributed by atoms with Gasteiger partial charge in [0.1, 0.15) is 28.3 Å². The minimum atomic E-state index is -4.91. The SMILES string of the molecule is CCOc1ncccc1C1(NC(=O)ON2CCC(N3CCN(C)CC3)CC2)C(=O)N(S(=O)(=O)c2ccc(OC)cc2OC)c2cc(F)c(C#N)cc21. The quantitative estimate of drug-likeness (QED) is 0.323. The van der Waals surface area contributed by atoms with Crippen molar-refractivity contribution in [1.82, 2.24) is 25.2 Å². The molecule has 2 saturated heterocycles. The molecule has 17 heteroatoms. The Hall–Kier alpha value is -5.02. The molecule has 1 unspecified atom stereocenters. The fourth-order valence-corrected chi connectivity index (χ4v) is 8.57. The molecule has 2 fully saturated rings. The number of likely N-dealkylation sites (N-methyl/N-ethyl adjacent to an activating group) is 1. The standard InChI is InChI=1S/C35H40FN7O8S/c1-5-50-32-26(7-6-12-38-32)35(39-34(45)51-42-13-10-24(11-14-42)41-17-15-40(2)16-18-41)27-19-23(22-37)28(36)21-29(27)43(33(35)44)52(46,47)31-9-8-25(48-3)20-30(31)49-4/h6-9,12,19-21,24H,5,10-11,13-18H2,1-4H3,(H,39,45). The number of hydrogen-bond donors (Lipinski definition) is 1. The van der Waals surface area contributed by atoms with Crippen LogP contribution in [-0.4, -0.2) is 113 Å². The first-order valence-corrected chi connectivity index (χ1v) is 18.2. The van der Waals surface area contributed by atoms with Crippen molar-refractivity contribution in [2.45, 2.75) is 36.2 Å². The Bertz CT molecular complexity index is 1990. The van der Waals surface area contributed by atoms with E-state index in [4.69, 9.17) is 19.0 Å². The van der Waals surface area contributed by atoms with E-state index in [0.29, 0.717) is 23.4 Å². The number of rotatable bonds is 10. The number of nitrogens with one attached hydrogen (secondary N) is 1. The van der Waals surface area contributed by atoms with Gasteiger partial charge >= 0.3 is 6.09 Å². The fraction of sp³-hybridized carbons (Fsp3) is 0.429. The number of ether oxygens (including phenoxy) is 3. The Kier molecular flexibility index (Phi) is 10.5. The summed E-state index contributed by atoms with van der Waals surface area (Å²) >= 11 is 0. The zero-order chi connectivity index (χ0) is 37.2. The molecule has 2 aromatic carbocycles. The van der Waals surface area contributed by atoms with Crippen LogP contribution in [0.3, 0.4) is 0 Å². The number of pyridine rings is 1. The van der Waals surface area contributed by atoms with E-state index in [-0.39, 0.29) is 35.1 Å². The van der Waals surface area contributed by atoms with Crippen molar-refractivity contribution in [2.75, 3.05) is 71.4 Å². The number of methoxy groups -OCH3 is 2. The van der Waals surface area contributed by atoms with E-state index in [1.807, 2.05) is 0 Å². The van der Waals surface area contributed by atoms with Crippen molar-refractivity contribution in [2.24, 2.45) is 0 Å². The van der Waals surface area contributed by atoms with Crippen molar-refractivity contribution >= 4 is 27.7 Å². The maximum absolute atomic E-state index is 15.4. The van der Waals surface area contributed by atoms with Gasteiger partial charge in [0.2, 0.25) is 5.88 Å². The van der Waals surface area contributed by atoms with Crippen LogP contribution in [0.2, 0.25) is 0 Å². The minimum absolute atomic E-state index is 0.0660. The summed E-state index contributed by atoms with van der Waals surface area (Å²) in [4.78, 5) is 43.3. The molecule has 276 valence electrons.